The highest BCUT2D eigenvalue weighted by atomic mass is 16.7. The van der Waals surface area contributed by atoms with E-state index in [0.717, 1.165) is 34.2 Å². The zero-order valence-corrected chi connectivity index (χ0v) is 40.6. The lowest BCUT2D eigenvalue weighted by atomic mass is 9.75. The van der Waals surface area contributed by atoms with E-state index in [0.29, 0.717) is 63.5 Å². The van der Waals surface area contributed by atoms with E-state index in [1.807, 2.05) is 24.3 Å². The highest BCUT2D eigenvalue weighted by molar-refractivity contribution is 5.97. The van der Waals surface area contributed by atoms with Gasteiger partial charge in [0.25, 0.3) is 0 Å². The molecule has 60 heavy (non-hydrogen) atoms. The molecule has 2 aliphatic heterocycles. The monoisotopic (exact) mass is 836 g/mol. The Balaban J connectivity index is 1.31. The minimum atomic E-state index is -0.754. The molecular weight excluding hydrogens is 755 g/mol. The van der Waals surface area contributed by atoms with E-state index in [9.17, 15) is 19.8 Å². The lowest BCUT2D eigenvalue weighted by Crippen LogP contribution is -2.69. The van der Waals surface area contributed by atoms with Crippen molar-refractivity contribution in [1.82, 2.24) is 4.90 Å². The minimum Gasteiger partial charge on any atom is -0.507 e. The number of rotatable bonds is 13. The summed E-state index contributed by atoms with van der Waals surface area (Å²) in [4.78, 5) is 29.1. The number of ketones is 1. The fraction of sp³-hybridized carbons (Fsp3) is 0.725. The van der Waals surface area contributed by atoms with Gasteiger partial charge in [0.2, 0.25) is 0 Å². The molecular formula is C51H81NO8. The SMILES string of the molecule is CCC1(COC(=O)CCc2cc(C(C)(C)C)c(O)c(C(C)(C)C)c2)COC2(CC(C)(C)N(CCOCCC(=O)c3cc(C(C)(C)C)c(O)c(C(C)(C)C)c3)C(C)(C)C2)OC1. The summed E-state index contributed by atoms with van der Waals surface area (Å²) in [6.45, 7) is 38.5. The van der Waals surface area contributed by atoms with E-state index in [1.165, 1.54) is 0 Å². The molecule has 0 radical (unpaired) electrons. The first-order valence-electron chi connectivity index (χ1n) is 22.3. The van der Waals surface area contributed by atoms with Crippen LogP contribution in [-0.2, 0) is 51.8 Å². The lowest BCUT2D eigenvalue weighted by Gasteiger charge is -2.60. The molecule has 0 saturated carbocycles. The molecule has 0 amide bonds. The Morgan fingerprint density at radius 1 is 0.683 bits per heavy atom. The second-order valence-electron chi connectivity index (χ2n) is 23.4. The number of Topliss-reactive ketones (excluding diaryl/α,β-unsaturated/α-hetero) is 1. The third kappa shape index (κ3) is 11.7. The summed E-state index contributed by atoms with van der Waals surface area (Å²) in [7, 11) is 0. The summed E-state index contributed by atoms with van der Waals surface area (Å²) >= 11 is 0. The number of aryl methyl sites for hydroxylation is 1. The molecule has 338 valence electrons. The molecule has 0 bridgehead atoms. The third-order valence-electron chi connectivity index (χ3n) is 12.8. The van der Waals surface area contributed by atoms with Crippen LogP contribution in [0.1, 0.15) is 188 Å². The van der Waals surface area contributed by atoms with E-state index in [2.05, 4.69) is 123 Å². The van der Waals surface area contributed by atoms with Crippen LogP contribution in [0.25, 0.3) is 0 Å². The zero-order chi connectivity index (χ0) is 45.5. The van der Waals surface area contributed by atoms with Crippen molar-refractivity contribution in [3.63, 3.8) is 0 Å². The Morgan fingerprint density at radius 2 is 1.12 bits per heavy atom. The number of ether oxygens (including phenoxy) is 4. The van der Waals surface area contributed by atoms with Gasteiger partial charge >= 0.3 is 5.97 Å². The van der Waals surface area contributed by atoms with Crippen LogP contribution < -0.4 is 0 Å². The fourth-order valence-corrected chi connectivity index (χ4v) is 9.28. The van der Waals surface area contributed by atoms with Gasteiger partial charge in [-0.05, 0) is 91.0 Å². The summed E-state index contributed by atoms with van der Waals surface area (Å²) in [6.07, 6.45) is 3.14. The van der Waals surface area contributed by atoms with Gasteiger partial charge in [0.05, 0.1) is 31.8 Å². The maximum atomic E-state index is 13.4. The topological polar surface area (TPSA) is 115 Å². The van der Waals surface area contributed by atoms with Gasteiger partial charge in [0, 0.05) is 60.0 Å². The molecule has 1 spiro atoms. The summed E-state index contributed by atoms with van der Waals surface area (Å²) in [6, 6.07) is 7.75. The Morgan fingerprint density at radius 3 is 1.53 bits per heavy atom. The predicted molar refractivity (Wildman–Crippen MR) is 242 cm³/mol. The highest BCUT2D eigenvalue weighted by Crippen LogP contribution is 2.49. The number of carbonyl (C=O) groups is 2. The average molecular weight is 836 g/mol. The van der Waals surface area contributed by atoms with Gasteiger partial charge in [0.1, 0.15) is 18.1 Å². The molecule has 2 aromatic carbocycles. The Kier molecular flexibility index (Phi) is 14.6. The van der Waals surface area contributed by atoms with E-state index in [-0.39, 0.29) is 69.7 Å². The smallest absolute Gasteiger partial charge is 0.306 e. The maximum absolute atomic E-state index is 13.4. The molecule has 2 fully saturated rings. The van der Waals surface area contributed by atoms with Gasteiger partial charge < -0.3 is 29.2 Å². The number of aromatic hydroxyl groups is 2. The Labute approximate surface area is 363 Å². The van der Waals surface area contributed by atoms with E-state index in [1.54, 1.807) is 0 Å². The van der Waals surface area contributed by atoms with Gasteiger partial charge in [-0.1, -0.05) is 102 Å². The molecule has 0 aliphatic carbocycles. The quantitative estimate of drug-likeness (QED) is 0.116. The highest BCUT2D eigenvalue weighted by Gasteiger charge is 2.56. The third-order valence-corrected chi connectivity index (χ3v) is 12.8. The fourth-order valence-electron chi connectivity index (χ4n) is 9.28. The van der Waals surface area contributed by atoms with E-state index < -0.39 is 11.2 Å². The normalized spacial score (nSPS) is 19.4. The predicted octanol–water partition coefficient (Wildman–Crippen LogP) is 10.8. The van der Waals surface area contributed by atoms with Crippen molar-refractivity contribution in [2.24, 2.45) is 5.41 Å². The number of esters is 1. The number of hydrogen-bond donors (Lipinski definition) is 2. The largest absolute Gasteiger partial charge is 0.507 e. The van der Waals surface area contributed by atoms with Crippen molar-refractivity contribution < 1.29 is 38.7 Å². The number of phenols is 2. The summed E-state index contributed by atoms with van der Waals surface area (Å²) in [5.74, 6) is -0.387. The van der Waals surface area contributed by atoms with Crippen LogP contribution in [0.2, 0.25) is 0 Å². The summed E-state index contributed by atoms with van der Waals surface area (Å²) in [5.41, 5.74) is 2.90. The molecule has 0 atom stereocenters. The second-order valence-corrected chi connectivity index (χ2v) is 23.4. The standard InChI is InChI=1S/C51H81NO8/c1-18-50(31-58-41(54)20-19-34-25-36(44(2,3)4)42(55)37(26-34)45(5,6)7)32-59-51(60-33-50)29-48(14,15)52(49(16,17)30-51)22-24-57-23-21-40(53)35-27-38(46(8,9)10)43(56)39(28-35)47(11,12)13/h25-28,55-56H,18-24,29-33H2,1-17H3. The molecule has 2 N–H and O–H groups in total. The molecule has 4 rings (SSSR count). The number of piperidine rings is 1. The van der Waals surface area contributed by atoms with Crippen molar-refractivity contribution in [2.75, 3.05) is 39.6 Å². The van der Waals surface area contributed by atoms with Crippen molar-refractivity contribution in [3.05, 3.63) is 57.6 Å². The van der Waals surface area contributed by atoms with Gasteiger partial charge in [-0.15, -0.1) is 0 Å². The van der Waals surface area contributed by atoms with Crippen molar-refractivity contribution in [3.8, 4) is 11.5 Å². The van der Waals surface area contributed by atoms with Gasteiger partial charge in [-0.3, -0.25) is 14.5 Å². The van der Waals surface area contributed by atoms with Crippen LogP contribution in [0.15, 0.2) is 24.3 Å². The number of phenolic OH excluding ortho intramolecular Hbond substituents is 2. The molecule has 0 aromatic heterocycles. The molecule has 2 heterocycles. The zero-order valence-electron chi connectivity index (χ0n) is 40.6. The molecule has 9 heteroatoms. The second kappa shape index (κ2) is 17.7. The molecule has 0 unspecified atom stereocenters. The average Bonchev–Trinajstić information content (AvgIpc) is 3.09. The van der Waals surface area contributed by atoms with Crippen LogP contribution in [0.4, 0.5) is 0 Å². The van der Waals surface area contributed by atoms with E-state index >= 15 is 0 Å². The first-order valence-corrected chi connectivity index (χ1v) is 22.3. The molecule has 2 aliphatic rings. The number of hydrogen-bond acceptors (Lipinski definition) is 9. The van der Waals surface area contributed by atoms with Gasteiger partial charge in [0.15, 0.2) is 11.6 Å². The van der Waals surface area contributed by atoms with Crippen LogP contribution in [-0.4, -0.2) is 83.3 Å². The molecule has 2 aromatic rings. The van der Waals surface area contributed by atoms with Gasteiger partial charge in [-0.2, -0.15) is 0 Å². The van der Waals surface area contributed by atoms with Crippen molar-refractivity contribution >= 4 is 11.8 Å². The first kappa shape index (κ1) is 49.7. The lowest BCUT2D eigenvalue weighted by molar-refractivity contribution is -0.346. The summed E-state index contributed by atoms with van der Waals surface area (Å²) < 4.78 is 25.5. The maximum Gasteiger partial charge on any atom is 0.306 e. The van der Waals surface area contributed by atoms with Crippen LogP contribution in [0.5, 0.6) is 11.5 Å². The Bertz CT molecular complexity index is 1750. The minimum absolute atomic E-state index is 0.00887. The van der Waals surface area contributed by atoms with Crippen LogP contribution in [0.3, 0.4) is 0 Å². The first-order chi connectivity index (χ1) is 27.3. The number of benzene rings is 2. The van der Waals surface area contributed by atoms with Crippen molar-refractivity contribution in [2.45, 2.75) is 195 Å². The number of likely N-dealkylation sites (tertiary alicyclic amines) is 1. The molecule has 2 saturated heterocycles. The van der Waals surface area contributed by atoms with Gasteiger partial charge in [-0.25, -0.2) is 0 Å². The number of nitrogens with zero attached hydrogens (tertiary/aromatic N) is 1. The summed E-state index contributed by atoms with van der Waals surface area (Å²) in [5, 5.41) is 22.2. The van der Waals surface area contributed by atoms with Crippen molar-refractivity contribution in [1.29, 1.82) is 0 Å². The van der Waals surface area contributed by atoms with Crippen LogP contribution in [0, 0.1) is 5.41 Å². The molecule has 9 nitrogen and oxygen atoms in total. The Hall–Kier alpha value is -2.98. The van der Waals surface area contributed by atoms with E-state index in [4.69, 9.17) is 18.9 Å². The van der Waals surface area contributed by atoms with Crippen LogP contribution >= 0.6 is 0 Å². The number of carbonyl (C=O) groups excluding carboxylic acids is 2.